The second-order valence-electron chi connectivity index (χ2n) is 14.0. The van der Waals surface area contributed by atoms with Crippen LogP contribution < -0.4 is 0 Å². The highest BCUT2D eigenvalue weighted by molar-refractivity contribution is 5.71. The molecule has 0 aliphatic rings. The van der Waals surface area contributed by atoms with Gasteiger partial charge in [0.1, 0.15) is 13.2 Å². The van der Waals surface area contributed by atoms with Crippen LogP contribution in [-0.4, -0.2) is 37.2 Å². The van der Waals surface area contributed by atoms with Crippen LogP contribution in [0, 0.1) is 0 Å². The summed E-state index contributed by atoms with van der Waals surface area (Å²) in [5, 5.41) is 0. The molecule has 0 aromatic rings. The van der Waals surface area contributed by atoms with E-state index in [-0.39, 0.29) is 31.1 Å². The van der Waals surface area contributed by atoms with E-state index in [4.69, 9.17) is 14.2 Å². The average Bonchev–Trinajstić information content (AvgIpc) is 3.17. The molecule has 0 N–H and O–H groups in total. The molecule has 0 heterocycles. The van der Waals surface area contributed by atoms with Crippen LogP contribution in [0.2, 0.25) is 0 Å². The summed E-state index contributed by atoms with van der Waals surface area (Å²) < 4.78 is 16.6. The Hall–Kier alpha value is -3.41. The summed E-state index contributed by atoms with van der Waals surface area (Å²) in [6.45, 7) is 6.33. The predicted molar refractivity (Wildman–Crippen MR) is 228 cm³/mol. The summed E-state index contributed by atoms with van der Waals surface area (Å²) in [5.74, 6) is -1.01. The Kier molecular flexibility index (Phi) is 39.7. The second-order valence-corrected chi connectivity index (χ2v) is 14.0. The minimum absolute atomic E-state index is 0.110. The first-order valence-electron chi connectivity index (χ1n) is 21.7. The first-order valence-corrected chi connectivity index (χ1v) is 21.7. The minimum atomic E-state index is -0.806. The first-order chi connectivity index (χ1) is 26.5. The van der Waals surface area contributed by atoms with Gasteiger partial charge >= 0.3 is 17.9 Å². The van der Waals surface area contributed by atoms with Crippen molar-refractivity contribution < 1.29 is 28.6 Å². The van der Waals surface area contributed by atoms with Crippen molar-refractivity contribution in [3.05, 3.63) is 85.1 Å². The summed E-state index contributed by atoms with van der Waals surface area (Å²) in [7, 11) is 0. The molecule has 0 aromatic carbocycles. The molecule has 0 bridgehead atoms. The van der Waals surface area contributed by atoms with Crippen LogP contribution in [0.1, 0.15) is 181 Å². The van der Waals surface area contributed by atoms with Gasteiger partial charge in [-0.1, -0.05) is 164 Å². The molecular weight excluding hydrogens is 673 g/mol. The van der Waals surface area contributed by atoms with Crippen molar-refractivity contribution in [1.82, 2.24) is 0 Å². The maximum atomic E-state index is 12.7. The quantitative estimate of drug-likeness (QED) is 0.0207. The summed E-state index contributed by atoms with van der Waals surface area (Å²) in [6, 6.07) is 0. The normalized spacial score (nSPS) is 12.9. The number of carbonyl (C=O) groups is 3. The van der Waals surface area contributed by atoms with Crippen LogP contribution in [-0.2, 0) is 28.6 Å². The fraction of sp³-hybridized carbons (Fsp3) is 0.646. The number of ether oxygens (including phenoxy) is 3. The zero-order chi connectivity index (χ0) is 39.4. The summed E-state index contributed by atoms with van der Waals surface area (Å²) in [6.07, 6.45) is 52.8. The van der Waals surface area contributed by atoms with Crippen molar-refractivity contribution >= 4 is 17.9 Å². The highest BCUT2D eigenvalue weighted by Crippen LogP contribution is 2.12. The van der Waals surface area contributed by atoms with Crippen molar-refractivity contribution in [1.29, 1.82) is 0 Å². The Labute approximate surface area is 331 Å². The SMILES string of the molecule is CC\C=C/C=C\C=C/C=C\C=C/CCCCCC(=O)OCC(COC(=O)CCC/C=C\CCCCCC)OC(=O)CCCCCCC/C=C\CCCCC. The van der Waals surface area contributed by atoms with Gasteiger partial charge in [0.2, 0.25) is 0 Å². The van der Waals surface area contributed by atoms with Crippen molar-refractivity contribution in [2.75, 3.05) is 13.2 Å². The van der Waals surface area contributed by atoms with Crippen molar-refractivity contribution in [3.63, 3.8) is 0 Å². The molecule has 0 fully saturated rings. The molecule has 0 amide bonds. The maximum absolute atomic E-state index is 12.7. The Bertz CT molecular complexity index is 1090. The Morgan fingerprint density at radius 2 is 0.759 bits per heavy atom. The van der Waals surface area contributed by atoms with Crippen molar-refractivity contribution in [2.24, 2.45) is 0 Å². The smallest absolute Gasteiger partial charge is 0.306 e. The van der Waals surface area contributed by atoms with E-state index in [2.05, 4.69) is 57.2 Å². The fourth-order valence-corrected chi connectivity index (χ4v) is 5.46. The Morgan fingerprint density at radius 1 is 0.389 bits per heavy atom. The van der Waals surface area contributed by atoms with Gasteiger partial charge < -0.3 is 14.2 Å². The molecule has 1 unspecified atom stereocenters. The van der Waals surface area contributed by atoms with Crippen LogP contribution in [0.3, 0.4) is 0 Å². The number of rotatable bonds is 37. The maximum Gasteiger partial charge on any atom is 0.306 e. The molecule has 0 saturated heterocycles. The lowest BCUT2D eigenvalue weighted by molar-refractivity contribution is -0.167. The first kappa shape index (κ1) is 50.6. The Balaban J connectivity index is 4.51. The van der Waals surface area contributed by atoms with Gasteiger partial charge in [-0.3, -0.25) is 14.4 Å². The molecule has 0 aromatic heterocycles. The number of hydrogen-bond donors (Lipinski definition) is 0. The number of hydrogen-bond acceptors (Lipinski definition) is 6. The molecule has 0 rings (SSSR count). The van der Waals surface area contributed by atoms with Crippen LogP contribution >= 0.6 is 0 Å². The molecule has 0 aliphatic heterocycles. The zero-order valence-corrected chi connectivity index (χ0v) is 34.7. The van der Waals surface area contributed by atoms with Gasteiger partial charge in [-0.2, -0.15) is 0 Å². The molecule has 0 radical (unpaired) electrons. The molecule has 0 spiro atoms. The summed E-state index contributed by atoms with van der Waals surface area (Å²) in [4.78, 5) is 37.6. The lowest BCUT2D eigenvalue weighted by Crippen LogP contribution is -2.30. The van der Waals surface area contributed by atoms with Crippen LogP contribution in [0.25, 0.3) is 0 Å². The van der Waals surface area contributed by atoms with E-state index in [1.54, 1.807) is 0 Å². The molecule has 1 atom stereocenters. The fourth-order valence-electron chi connectivity index (χ4n) is 5.46. The standard InChI is InChI=1S/C48H78O6/c1-4-7-10-13-16-19-21-23-24-25-27-29-32-35-38-41-47(50)53-44-45(43-52-46(49)40-37-34-31-28-18-15-12-9-6-3)54-48(51)42-39-36-33-30-26-22-20-17-14-11-8-5-2/h7,10,13,16-17,19-21,23-25,27-28,31,45H,4-6,8-9,11-12,14-15,18,22,26,29-30,32-44H2,1-3H3/b10-7-,16-13-,20-17-,21-19-,24-23-,27-25-,31-28-. The third-order valence-electron chi connectivity index (χ3n) is 8.73. The van der Waals surface area contributed by atoms with E-state index in [0.29, 0.717) is 25.7 Å². The van der Waals surface area contributed by atoms with E-state index >= 15 is 0 Å². The minimum Gasteiger partial charge on any atom is -0.462 e. The van der Waals surface area contributed by atoms with Crippen molar-refractivity contribution in [3.8, 4) is 0 Å². The third kappa shape index (κ3) is 39.8. The van der Waals surface area contributed by atoms with Gasteiger partial charge in [-0.15, -0.1) is 0 Å². The van der Waals surface area contributed by atoms with Gasteiger partial charge in [0.15, 0.2) is 6.10 Å². The van der Waals surface area contributed by atoms with E-state index < -0.39 is 6.10 Å². The molecular formula is C48H78O6. The highest BCUT2D eigenvalue weighted by atomic mass is 16.6. The van der Waals surface area contributed by atoms with Gasteiger partial charge in [-0.25, -0.2) is 0 Å². The molecule has 0 saturated carbocycles. The van der Waals surface area contributed by atoms with Gasteiger partial charge in [0.25, 0.3) is 0 Å². The molecule has 306 valence electrons. The lowest BCUT2D eigenvalue weighted by Gasteiger charge is -2.18. The topological polar surface area (TPSA) is 78.9 Å². The zero-order valence-electron chi connectivity index (χ0n) is 34.7. The van der Waals surface area contributed by atoms with Crippen LogP contribution in [0.15, 0.2) is 85.1 Å². The highest BCUT2D eigenvalue weighted by Gasteiger charge is 2.19. The number of carbonyl (C=O) groups excluding carboxylic acids is 3. The summed E-state index contributed by atoms with van der Waals surface area (Å²) >= 11 is 0. The van der Waals surface area contributed by atoms with Crippen LogP contribution in [0.5, 0.6) is 0 Å². The van der Waals surface area contributed by atoms with E-state index in [9.17, 15) is 14.4 Å². The Morgan fingerprint density at radius 3 is 1.31 bits per heavy atom. The number of allylic oxidation sites excluding steroid dienone is 14. The van der Waals surface area contributed by atoms with E-state index in [1.807, 2.05) is 48.6 Å². The van der Waals surface area contributed by atoms with Crippen LogP contribution in [0.4, 0.5) is 0 Å². The lowest BCUT2D eigenvalue weighted by atomic mass is 10.1. The van der Waals surface area contributed by atoms with E-state index in [1.165, 1.54) is 57.8 Å². The van der Waals surface area contributed by atoms with E-state index in [0.717, 1.165) is 77.0 Å². The monoisotopic (exact) mass is 751 g/mol. The molecule has 6 heteroatoms. The molecule has 54 heavy (non-hydrogen) atoms. The summed E-state index contributed by atoms with van der Waals surface area (Å²) in [5.41, 5.74) is 0. The average molecular weight is 751 g/mol. The molecule has 6 nitrogen and oxygen atoms in total. The second kappa shape index (κ2) is 42.3. The van der Waals surface area contributed by atoms with Gasteiger partial charge in [0, 0.05) is 19.3 Å². The molecule has 0 aliphatic carbocycles. The number of esters is 3. The number of unbranched alkanes of at least 4 members (excludes halogenated alkanes) is 16. The third-order valence-corrected chi connectivity index (χ3v) is 8.73. The predicted octanol–water partition coefficient (Wildman–Crippen LogP) is 13.7. The van der Waals surface area contributed by atoms with Gasteiger partial charge in [-0.05, 0) is 83.5 Å². The van der Waals surface area contributed by atoms with Gasteiger partial charge in [0.05, 0.1) is 0 Å². The van der Waals surface area contributed by atoms with Crippen molar-refractivity contribution in [2.45, 2.75) is 187 Å². The largest absolute Gasteiger partial charge is 0.462 e.